The van der Waals surface area contributed by atoms with Gasteiger partial charge in [-0.25, -0.2) is 0 Å². The Bertz CT molecular complexity index is 351. The van der Waals surface area contributed by atoms with Gasteiger partial charge in [-0.05, 0) is 42.4 Å². The first-order valence-corrected chi connectivity index (χ1v) is 5.65. The molecule has 1 rings (SSSR count). The normalized spacial score (nSPS) is 13.0. The Morgan fingerprint density at radius 3 is 2.27 bits per heavy atom. The lowest BCUT2D eigenvalue weighted by Crippen LogP contribution is -2.06. The third-order valence-electron chi connectivity index (χ3n) is 2.56. The van der Waals surface area contributed by atoms with Crippen molar-refractivity contribution in [1.29, 1.82) is 0 Å². The van der Waals surface area contributed by atoms with Crippen molar-refractivity contribution in [3.8, 4) is 0 Å². The number of aryl methyl sites for hydroxylation is 1. The fourth-order valence-electron chi connectivity index (χ4n) is 1.86. The molecule has 0 aliphatic rings. The Morgan fingerprint density at radius 1 is 1.20 bits per heavy atom. The molecule has 0 bridgehead atoms. The molecule has 0 fully saturated rings. The molecule has 0 nitrogen and oxygen atoms in total. The number of hydrogen-bond acceptors (Lipinski definition) is 0. The molecule has 0 aliphatic heterocycles. The van der Waals surface area contributed by atoms with Gasteiger partial charge in [0.05, 0.1) is 0 Å². The molecule has 0 spiro atoms. The van der Waals surface area contributed by atoms with Gasteiger partial charge in [0.25, 0.3) is 0 Å². The Balaban J connectivity index is 3.00. The van der Waals surface area contributed by atoms with Gasteiger partial charge in [-0.3, -0.25) is 0 Å². The quantitative estimate of drug-likeness (QED) is 0.644. The van der Waals surface area contributed by atoms with Crippen LogP contribution in [0.25, 0.3) is 5.57 Å². The van der Waals surface area contributed by atoms with Gasteiger partial charge >= 0.3 is 0 Å². The van der Waals surface area contributed by atoms with E-state index in [0.29, 0.717) is 5.41 Å². The van der Waals surface area contributed by atoms with Gasteiger partial charge in [-0.15, -0.1) is 0 Å². The van der Waals surface area contributed by atoms with Crippen LogP contribution in [0, 0.1) is 12.3 Å². The van der Waals surface area contributed by atoms with E-state index < -0.39 is 0 Å². The molecule has 0 radical (unpaired) electrons. The first kappa shape index (κ1) is 12.0. The van der Waals surface area contributed by atoms with Gasteiger partial charge in [0, 0.05) is 0 Å². The molecular weight excluding hydrogens is 180 g/mol. The Morgan fingerprint density at radius 2 is 1.80 bits per heavy atom. The minimum Gasteiger partial charge on any atom is -0.0838 e. The van der Waals surface area contributed by atoms with Gasteiger partial charge in [-0.2, -0.15) is 0 Å². The average Bonchev–Trinajstić information content (AvgIpc) is 2.14. The van der Waals surface area contributed by atoms with Crippen molar-refractivity contribution in [1.82, 2.24) is 0 Å². The first-order valence-electron chi connectivity index (χ1n) is 5.65. The van der Waals surface area contributed by atoms with Crippen LogP contribution < -0.4 is 0 Å². The largest absolute Gasteiger partial charge is 0.0838 e. The van der Waals surface area contributed by atoms with Crippen molar-refractivity contribution in [2.75, 3.05) is 0 Å². The topological polar surface area (TPSA) is 0 Å². The summed E-state index contributed by atoms with van der Waals surface area (Å²) in [6.45, 7) is 11.2. The lowest BCUT2D eigenvalue weighted by molar-refractivity contribution is 0.427. The second kappa shape index (κ2) is 4.65. The zero-order valence-electron chi connectivity index (χ0n) is 10.6. The molecule has 0 aliphatic carbocycles. The Hall–Kier alpha value is -1.04. The highest BCUT2D eigenvalue weighted by Crippen LogP contribution is 2.31. The van der Waals surface area contributed by atoms with Crippen LogP contribution in [0.2, 0.25) is 0 Å². The van der Waals surface area contributed by atoms with Crippen LogP contribution >= 0.6 is 0 Å². The van der Waals surface area contributed by atoms with Gasteiger partial charge < -0.3 is 0 Å². The van der Waals surface area contributed by atoms with Crippen molar-refractivity contribution in [3.05, 3.63) is 41.5 Å². The molecule has 0 heterocycles. The second-order valence-corrected chi connectivity index (χ2v) is 5.37. The Kier molecular flexibility index (Phi) is 3.73. The maximum atomic E-state index is 2.29. The monoisotopic (exact) mass is 202 g/mol. The third-order valence-corrected chi connectivity index (χ3v) is 2.56. The predicted octanol–water partition coefficient (Wildman–Crippen LogP) is 4.83. The maximum Gasteiger partial charge on any atom is -0.0198 e. The highest BCUT2D eigenvalue weighted by atomic mass is 14.2. The highest BCUT2D eigenvalue weighted by molar-refractivity contribution is 5.68. The highest BCUT2D eigenvalue weighted by Gasteiger charge is 2.14. The zero-order valence-corrected chi connectivity index (χ0v) is 10.6. The summed E-state index contributed by atoms with van der Waals surface area (Å²) in [6.07, 6.45) is 3.38. The van der Waals surface area contributed by atoms with Crippen molar-refractivity contribution in [2.24, 2.45) is 5.41 Å². The van der Waals surface area contributed by atoms with Crippen LogP contribution in [0.1, 0.15) is 45.2 Å². The van der Waals surface area contributed by atoms with E-state index in [9.17, 15) is 0 Å². The molecule has 15 heavy (non-hydrogen) atoms. The molecule has 0 saturated carbocycles. The Labute approximate surface area is 94.0 Å². The van der Waals surface area contributed by atoms with Crippen LogP contribution in [0.5, 0.6) is 0 Å². The smallest absolute Gasteiger partial charge is 0.0198 e. The standard InChI is InChI=1S/C15H22/c1-6-13(11-15(3,4)5)14-10-8-7-9-12(14)2/h6-10H,11H2,1-5H3/b13-6-. The summed E-state index contributed by atoms with van der Waals surface area (Å²) >= 11 is 0. The molecule has 0 unspecified atom stereocenters. The summed E-state index contributed by atoms with van der Waals surface area (Å²) in [7, 11) is 0. The van der Waals surface area contributed by atoms with E-state index in [-0.39, 0.29) is 0 Å². The SMILES string of the molecule is C/C=C(/CC(C)(C)C)c1ccccc1C. The van der Waals surface area contributed by atoms with Crippen molar-refractivity contribution in [2.45, 2.75) is 41.0 Å². The first-order chi connectivity index (χ1) is 6.94. The van der Waals surface area contributed by atoms with Gasteiger partial charge in [0.2, 0.25) is 0 Å². The van der Waals surface area contributed by atoms with E-state index in [2.05, 4.69) is 65.0 Å². The van der Waals surface area contributed by atoms with Crippen LogP contribution in [0.3, 0.4) is 0 Å². The number of rotatable bonds is 2. The summed E-state index contributed by atoms with van der Waals surface area (Å²) in [4.78, 5) is 0. The van der Waals surface area contributed by atoms with Crippen molar-refractivity contribution >= 4 is 5.57 Å². The van der Waals surface area contributed by atoms with E-state index >= 15 is 0 Å². The van der Waals surface area contributed by atoms with Gasteiger partial charge in [-0.1, -0.05) is 51.1 Å². The molecule has 0 N–H and O–H groups in total. The lowest BCUT2D eigenvalue weighted by Gasteiger charge is -2.21. The van der Waals surface area contributed by atoms with Crippen LogP contribution in [0.4, 0.5) is 0 Å². The van der Waals surface area contributed by atoms with E-state index in [4.69, 9.17) is 0 Å². The molecule has 0 saturated heterocycles. The van der Waals surface area contributed by atoms with Gasteiger partial charge in [0.15, 0.2) is 0 Å². The number of hydrogen-bond donors (Lipinski definition) is 0. The van der Waals surface area contributed by atoms with E-state index in [0.717, 1.165) is 6.42 Å². The van der Waals surface area contributed by atoms with E-state index in [1.807, 2.05) is 0 Å². The minimum atomic E-state index is 0.351. The van der Waals surface area contributed by atoms with Gasteiger partial charge in [0.1, 0.15) is 0 Å². The summed E-state index contributed by atoms with van der Waals surface area (Å²) in [5.41, 5.74) is 4.58. The molecule has 82 valence electrons. The molecule has 0 heteroatoms. The fraction of sp³-hybridized carbons (Fsp3) is 0.467. The maximum absolute atomic E-state index is 2.29. The van der Waals surface area contributed by atoms with E-state index in [1.165, 1.54) is 16.7 Å². The lowest BCUT2D eigenvalue weighted by atomic mass is 9.84. The van der Waals surface area contributed by atoms with Crippen molar-refractivity contribution in [3.63, 3.8) is 0 Å². The molecule has 0 atom stereocenters. The summed E-state index contributed by atoms with van der Waals surface area (Å²) in [5, 5.41) is 0. The van der Waals surface area contributed by atoms with Crippen LogP contribution in [-0.4, -0.2) is 0 Å². The fourth-order valence-corrected chi connectivity index (χ4v) is 1.86. The van der Waals surface area contributed by atoms with Crippen LogP contribution in [-0.2, 0) is 0 Å². The molecule has 0 aromatic heterocycles. The average molecular weight is 202 g/mol. The molecule has 1 aromatic rings. The predicted molar refractivity (Wildman–Crippen MR) is 68.9 cm³/mol. The second-order valence-electron chi connectivity index (χ2n) is 5.37. The molecular formula is C15H22. The molecule has 1 aromatic carbocycles. The van der Waals surface area contributed by atoms with E-state index in [1.54, 1.807) is 0 Å². The van der Waals surface area contributed by atoms with Crippen molar-refractivity contribution < 1.29 is 0 Å². The number of benzene rings is 1. The summed E-state index contributed by atoms with van der Waals surface area (Å²) < 4.78 is 0. The summed E-state index contributed by atoms with van der Waals surface area (Å²) in [6, 6.07) is 8.62. The summed E-state index contributed by atoms with van der Waals surface area (Å²) in [5.74, 6) is 0. The number of allylic oxidation sites excluding steroid dienone is 2. The van der Waals surface area contributed by atoms with Crippen LogP contribution in [0.15, 0.2) is 30.3 Å². The zero-order chi connectivity index (χ0) is 11.5. The minimum absolute atomic E-state index is 0.351. The third kappa shape index (κ3) is 3.54. The molecule has 0 amide bonds.